The number of hydrogen-bond acceptors (Lipinski definition) is 4. The molecule has 0 aromatic heterocycles. The number of nitrogens with zero attached hydrogens (tertiary/aromatic N) is 1. The molecule has 0 N–H and O–H groups in total. The van der Waals surface area contributed by atoms with Gasteiger partial charge >= 0.3 is 5.97 Å². The second kappa shape index (κ2) is 6.98. The number of piperidine rings is 1. The predicted octanol–water partition coefficient (Wildman–Crippen LogP) is 2.61. The zero-order chi connectivity index (χ0) is 16.3. The molecule has 1 heterocycles. The van der Waals surface area contributed by atoms with Crippen LogP contribution in [0.1, 0.15) is 25.3 Å². The minimum Gasteiger partial charge on any atom is -0.466 e. The maximum absolute atomic E-state index is 12.6. The highest BCUT2D eigenvalue weighted by molar-refractivity contribution is 7.89. The van der Waals surface area contributed by atoms with E-state index < -0.39 is 10.0 Å². The van der Waals surface area contributed by atoms with Crippen molar-refractivity contribution in [1.29, 1.82) is 0 Å². The molecule has 1 aromatic carbocycles. The summed E-state index contributed by atoms with van der Waals surface area (Å²) in [6.07, 6.45) is 0.981. The molecular weight excluding hydrogens is 326 g/mol. The van der Waals surface area contributed by atoms with Crippen molar-refractivity contribution < 1.29 is 17.9 Å². The van der Waals surface area contributed by atoms with Crippen molar-refractivity contribution in [3.63, 3.8) is 0 Å². The van der Waals surface area contributed by atoms with E-state index in [2.05, 4.69) is 0 Å². The van der Waals surface area contributed by atoms with Crippen molar-refractivity contribution in [1.82, 2.24) is 4.31 Å². The molecule has 0 amide bonds. The third-order valence-corrected chi connectivity index (χ3v) is 6.16. The van der Waals surface area contributed by atoms with E-state index in [-0.39, 0.29) is 16.8 Å². The van der Waals surface area contributed by atoms with Gasteiger partial charge in [-0.15, -0.1) is 0 Å². The fraction of sp³-hybridized carbons (Fsp3) is 0.533. The first-order valence-corrected chi connectivity index (χ1v) is 9.11. The van der Waals surface area contributed by atoms with Gasteiger partial charge in [0.25, 0.3) is 0 Å². The van der Waals surface area contributed by atoms with Gasteiger partial charge in [-0.3, -0.25) is 4.79 Å². The standard InChI is InChI=1S/C15H20ClNO4S/c1-3-21-15(18)12-6-8-17(9-7-12)22(19,20)13-4-5-14(16)11(2)10-13/h4-5,10,12H,3,6-9H2,1-2H3. The van der Waals surface area contributed by atoms with E-state index in [0.717, 1.165) is 5.56 Å². The number of sulfonamides is 1. The van der Waals surface area contributed by atoms with Gasteiger partial charge < -0.3 is 4.74 Å². The van der Waals surface area contributed by atoms with Gasteiger partial charge in [0.05, 0.1) is 17.4 Å². The van der Waals surface area contributed by atoms with Crippen LogP contribution in [-0.4, -0.2) is 38.4 Å². The predicted molar refractivity (Wildman–Crippen MR) is 84.3 cm³/mol. The molecule has 7 heteroatoms. The van der Waals surface area contributed by atoms with Crippen molar-refractivity contribution in [3.05, 3.63) is 28.8 Å². The van der Waals surface area contributed by atoms with Crippen LogP contribution in [0.25, 0.3) is 0 Å². The number of esters is 1. The van der Waals surface area contributed by atoms with Gasteiger partial charge in [0.15, 0.2) is 0 Å². The van der Waals surface area contributed by atoms with E-state index in [1.165, 1.54) is 10.4 Å². The van der Waals surface area contributed by atoms with Gasteiger partial charge in [-0.05, 0) is 50.5 Å². The Hall–Kier alpha value is -1.11. The average Bonchev–Trinajstić information content (AvgIpc) is 2.50. The Morgan fingerprint density at radius 3 is 2.55 bits per heavy atom. The molecule has 0 aliphatic carbocycles. The molecule has 1 aliphatic heterocycles. The average molecular weight is 346 g/mol. The van der Waals surface area contributed by atoms with Gasteiger partial charge in [0.1, 0.15) is 0 Å². The molecule has 0 atom stereocenters. The van der Waals surface area contributed by atoms with Crippen molar-refractivity contribution in [2.24, 2.45) is 5.92 Å². The number of aryl methyl sites for hydroxylation is 1. The largest absolute Gasteiger partial charge is 0.466 e. The van der Waals surface area contributed by atoms with Crippen LogP contribution < -0.4 is 0 Å². The molecule has 0 bridgehead atoms. The molecule has 1 fully saturated rings. The van der Waals surface area contributed by atoms with E-state index in [9.17, 15) is 13.2 Å². The first-order valence-electron chi connectivity index (χ1n) is 7.29. The lowest BCUT2D eigenvalue weighted by Gasteiger charge is -2.30. The molecule has 22 heavy (non-hydrogen) atoms. The summed E-state index contributed by atoms with van der Waals surface area (Å²) in [7, 11) is -3.54. The van der Waals surface area contributed by atoms with Crippen LogP contribution >= 0.6 is 11.6 Å². The smallest absolute Gasteiger partial charge is 0.309 e. The summed E-state index contributed by atoms with van der Waals surface area (Å²) in [5.74, 6) is -0.444. The second-order valence-electron chi connectivity index (χ2n) is 5.34. The molecule has 122 valence electrons. The highest BCUT2D eigenvalue weighted by Crippen LogP contribution is 2.26. The maximum Gasteiger partial charge on any atom is 0.309 e. The highest BCUT2D eigenvalue weighted by Gasteiger charge is 2.32. The second-order valence-corrected chi connectivity index (χ2v) is 7.69. The van der Waals surface area contributed by atoms with Gasteiger partial charge in [0, 0.05) is 18.1 Å². The first kappa shape index (κ1) is 17.2. The summed E-state index contributed by atoms with van der Waals surface area (Å²) in [5, 5.41) is 0.542. The normalized spacial score (nSPS) is 17.4. The SMILES string of the molecule is CCOC(=O)C1CCN(S(=O)(=O)c2ccc(Cl)c(C)c2)CC1. The van der Waals surface area contributed by atoms with E-state index in [4.69, 9.17) is 16.3 Å². The van der Waals surface area contributed by atoms with Crippen molar-refractivity contribution >= 4 is 27.6 Å². The van der Waals surface area contributed by atoms with Crippen LogP contribution in [0.4, 0.5) is 0 Å². The zero-order valence-electron chi connectivity index (χ0n) is 12.7. The quantitative estimate of drug-likeness (QED) is 0.787. The Bertz CT molecular complexity index is 652. The molecule has 1 saturated heterocycles. The van der Waals surface area contributed by atoms with E-state index >= 15 is 0 Å². The molecule has 5 nitrogen and oxygen atoms in total. The van der Waals surface area contributed by atoms with Crippen LogP contribution in [0, 0.1) is 12.8 Å². The van der Waals surface area contributed by atoms with E-state index in [1.54, 1.807) is 26.0 Å². The summed E-state index contributed by atoms with van der Waals surface area (Å²) < 4.78 is 31.7. The fourth-order valence-corrected chi connectivity index (χ4v) is 4.19. The van der Waals surface area contributed by atoms with Gasteiger partial charge in [0.2, 0.25) is 10.0 Å². The van der Waals surface area contributed by atoms with Crippen LogP contribution in [-0.2, 0) is 19.6 Å². The third kappa shape index (κ3) is 3.62. The summed E-state index contributed by atoms with van der Waals surface area (Å²) >= 11 is 5.94. The lowest BCUT2D eigenvalue weighted by molar-refractivity contribution is -0.149. The molecule has 0 unspecified atom stereocenters. The molecule has 0 radical (unpaired) electrons. The van der Waals surface area contributed by atoms with Crippen LogP contribution in [0.3, 0.4) is 0 Å². The number of hydrogen-bond donors (Lipinski definition) is 0. The topological polar surface area (TPSA) is 63.7 Å². The molecule has 1 aromatic rings. The molecule has 0 saturated carbocycles. The van der Waals surface area contributed by atoms with Crippen molar-refractivity contribution in [2.75, 3.05) is 19.7 Å². The monoisotopic (exact) mass is 345 g/mol. The maximum atomic E-state index is 12.6. The minimum atomic E-state index is -3.54. The highest BCUT2D eigenvalue weighted by atomic mass is 35.5. The number of benzene rings is 1. The van der Waals surface area contributed by atoms with Crippen molar-refractivity contribution in [3.8, 4) is 0 Å². The van der Waals surface area contributed by atoms with Gasteiger partial charge in [-0.25, -0.2) is 8.42 Å². The Morgan fingerprint density at radius 1 is 1.36 bits per heavy atom. The van der Waals surface area contributed by atoms with Crippen LogP contribution in [0.5, 0.6) is 0 Å². The lowest BCUT2D eigenvalue weighted by atomic mass is 9.98. The van der Waals surface area contributed by atoms with Crippen LogP contribution in [0.2, 0.25) is 5.02 Å². The zero-order valence-corrected chi connectivity index (χ0v) is 14.3. The number of rotatable bonds is 4. The third-order valence-electron chi connectivity index (χ3n) is 3.84. The van der Waals surface area contributed by atoms with E-state index in [0.29, 0.717) is 37.6 Å². The lowest BCUT2D eigenvalue weighted by Crippen LogP contribution is -2.40. The molecule has 0 spiro atoms. The Kier molecular flexibility index (Phi) is 5.47. The minimum absolute atomic E-state index is 0.210. The summed E-state index contributed by atoms with van der Waals surface area (Å²) in [6, 6.07) is 4.69. The number of carbonyl (C=O) groups excluding carboxylic acids is 1. The fourth-order valence-electron chi connectivity index (χ4n) is 2.52. The molecule has 1 aliphatic rings. The Morgan fingerprint density at radius 2 is 2.00 bits per heavy atom. The Labute approximate surface area is 136 Å². The van der Waals surface area contributed by atoms with Crippen LogP contribution in [0.15, 0.2) is 23.1 Å². The van der Waals surface area contributed by atoms with Crippen molar-refractivity contribution in [2.45, 2.75) is 31.6 Å². The number of carbonyl (C=O) groups is 1. The summed E-state index contributed by atoms with van der Waals surface area (Å²) in [6.45, 7) is 4.54. The van der Waals surface area contributed by atoms with Gasteiger partial charge in [-0.2, -0.15) is 4.31 Å². The Balaban J connectivity index is 2.09. The summed E-state index contributed by atoms with van der Waals surface area (Å²) in [5.41, 5.74) is 0.726. The number of ether oxygens (including phenoxy) is 1. The first-order chi connectivity index (χ1) is 10.4. The van der Waals surface area contributed by atoms with Gasteiger partial charge in [-0.1, -0.05) is 11.6 Å². The molecular formula is C15H20ClNO4S. The van der Waals surface area contributed by atoms with E-state index in [1.807, 2.05) is 0 Å². The molecule has 2 rings (SSSR count). The summed E-state index contributed by atoms with van der Waals surface area (Å²) in [4.78, 5) is 11.9. The number of halogens is 1.